The van der Waals surface area contributed by atoms with E-state index in [4.69, 9.17) is 5.73 Å². The van der Waals surface area contributed by atoms with Crippen molar-refractivity contribution in [2.24, 2.45) is 5.73 Å². The summed E-state index contributed by atoms with van der Waals surface area (Å²) < 4.78 is 0. The summed E-state index contributed by atoms with van der Waals surface area (Å²) >= 11 is 1.62. The summed E-state index contributed by atoms with van der Waals surface area (Å²) in [5, 5.41) is 3.02. The van der Waals surface area contributed by atoms with Gasteiger partial charge in [-0.05, 0) is 20.3 Å². The van der Waals surface area contributed by atoms with E-state index >= 15 is 0 Å². The highest BCUT2D eigenvalue weighted by molar-refractivity contribution is 7.09. The second-order valence-corrected chi connectivity index (χ2v) is 5.71. The van der Waals surface area contributed by atoms with Crippen LogP contribution in [-0.4, -0.2) is 34.4 Å². The first kappa shape index (κ1) is 15.1. The van der Waals surface area contributed by atoms with Crippen molar-refractivity contribution in [3.05, 3.63) is 16.6 Å². The molecule has 0 aromatic carbocycles. The van der Waals surface area contributed by atoms with Crippen molar-refractivity contribution < 1.29 is 4.79 Å². The fourth-order valence-corrected chi connectivity index (χ4v) is 2.61. The van der Waals surface area contributed by atoms with E-state index in [1.807, 2.05) is 31.1 Å². The summed E-state index contributed by atoms with van der Waals surface area (Å²) in [6.07, 6.45) is 4.24. The number of thiazole rings is 1. The van der Waals surface area contributed by atoms with Gasteiger partial charge in [0.25, 0.3) is 0 Å². The quantitative estimate of drug-likeness (QED) is 0.824. The smallest absolute Gasteiger partial charge is 0.242 e. The molecule has 0 bridgehead atoms. The van der Waals surface area contributed by atoms with Crippen LogP contribution in [0, 0.1) is 0 Å². The number of likely N-dealkylation sites (N-methyl/N-ethyl adjacent to an activating group) is 1. The molecule has 0 aliphatic rings. The summed E-state index contributed by atoms with van der Waals surface area (Å²) in [5.41, 5.74) is 5.35. The molecule has 2 N–H and O–H groups in total. The third kappa shape index (κ3) is 4.07. The average molecular weight is 269 g/mol. The zero-order valence-corrected chi connectivity index (χ0v) is 12.3. The van der Waals surface area contributed by atoms with Crippen LogP contribution >= 0.6 is 11.3 Å². The van der Waals surface area contributed by atoms with Gasteiger partial charge in [0.05, 0.1) is 10.5 Å². The predicted octanol–water partition coefficient (Wildman–Crippen LogP) is 2.05. The van der Waals surface area contributed by atoms with Crippen molar-refractivity contribution in [2.45, 2.75) is 45.6 Å². The Morgan fingerprint density at radius 1 is 1.56 bits per heavy atom. The minimum Gasteiger partial charge on any atom is -0.341 e. The molecule has 4 nitrogen and oxygen atoms in total. The van der Waals surface area contributed by atoms with Crippen molar-refractivity contribution in [3.63, 3.8) is 0 Å². The van der Waals surface area contributed by atoms with Gasteiger partial charge in [-0.15, -0.1) is 11.3 Å². The van der Waals surface area contributed by atoms with Crippen molar-refractivity contribution in [2.75, 3.05) is 13.1 Å². The molecule has 5 heteroatoms. The highest BCUT2D eigenvalue weighted by Crippen LogP contribution is 2.14. The Hall–Kier alpha value is -0.940. The largest absolute Gasteiger partial charge is 0.341 e. The van der Waals surface area contributed by atoms with Gasteiger partial charge in [0, 0.05) is 31.1 Å². The minimum atomic E-state index is -0.742. The standard InChI is InChI=1S/C13H23N3OS/c1-4-7-13(3,14)12(17)16(5-2)9-6-11-15-8-10-18-11/h8,10H,4-7,9,14H2,1-3H3. The van der Waals surface area contributed by atoms with E-state index in [0.29, 0.717) is 13.1 Å². The molecule has 0 saturated heterocycles. The molecule has 0 aliphatic carbocycles. The van der Waals surface area contributed by atoms with Crippen molar-refractivity contribution >= 4 is 17.2 Å². The number of carbonyl (C=O) groups excluding carboxylic acids is 1. The highest BCUT2D eigenvalue weighted by Gasteiger charge is 2.30. The first-order valence-corrected chi connectivity index (χ1v) is 7.35. The van der Waals surface area contributed by atoms with Crippen LogP contribution < -0.4 is 5.73 Å². The Morgan fingerprint density at radius 2 is 2.28 bits per heavy atom. The number of nitrogens with zero attached hydrogens (tertiary/aromatic N) is 2. The normalized spacial score (nSPS) is 14.2. The molecule has 0 fully saturated rings. The molecule has 1 aromatic rings. The van der Waals surface area contributed by atoms with Gasteiger partial charge < -0.3 is 10.6 Å². The Morgan fingerprint density at radius 3 is 2.78 bits per heavy atom. The number of hydrogen-bond donors (Lipinski definition) is 1. The molecule has 0 saturated carbocycles. The zero-order valence-electron chi connectivity index (χ0n) is 11.5. The SMILES string of the molecule is CCCC(C)(N)C(=O)N(CC)CCc1nccs1. The van der Waals surface area contributed by atoms with Crippen LogP contribution in [0.5, 0.6) is 0 Å². The average Bonchev–Trinajstić information content (AvgIpc) is 2.82. The van der Waals surface area contributed by atoms with Crippen LogP contribution in [0.25, 0.3) is 0 Å². The molecule has 18 heavy (non-hydrogen) atoms. The lowest BCUT2D eigenvalue weighted by atomic mass is 9.95. The van der Waals surface area contributed by atoms with Gasteiger partial charge in [-0.2, -0.15) is 0 Å². The minimum absolute atomic E-state index is 0.0448. The predicted molar refractivity (Wildman–Crippen MR) is 75.6 cm³/mol. The third-order valence-corrected chi connectivity index (χ3v) is 3.85. The first-order chi connectivity index (χ1) is 8.51. The first-order valence-electron chi connectivity index (χ1n) is 6.48. The Balaban J connectivity index is 2.57. The van der Waals surface area contributed by atoms with Gasteiger partial charge in [-0.25, -0.2) is 4.98 Å². The van der Waals surface area contributed by atoms with Gasteiger partial charge in [0.2, 0.25) is 5.91 Å². The van der Waals surface area contributed by atoms with E-state index < -0.39 is 5.54 Å². The van der Waals surface area contributed by atoms with Gasteiger partial charge in [0.1, 0.15) is 0 Å². The van der Waals surface area contributed by atoms with Crippen LogP contribution in [0.2, 0.25) is 0 Å². The van der Waals surface area contributed by atoms with E-state index in [2.05, 4.69) is 4.98 Å². The number of hydrogen-bond acceptors (Lipinski definition) is 4. The Bertz CT molecular complexity index is 362. The number of aromatic nitrogens is 1. The highest BCUT2D eigenvalue weighted by atomic mass is 32.1. The van der Waals surface area contributed by atoms with E-state index in [9.17, 15) is 4.79 Å². The Kier molecular flexibility index (Phi) is 5.75. The molecule has 0 spiro atoms. The maximum atomic E-state index is 12.3. The fraction of sp³-hybridized carbons (Fsp3) is 0.692. The number of carbonyl (C=O) groups is 1. The second-order valence-electron chi connectivity index (χ2n) is 4.73. The molecule has 1 unspecified atom stereocenters. The van der Waals surface area contributed by atoms with Crippen LogP contribution in [-0.2, 0) is 11.2 Å². The van der Waals surface area contributed by atoms with E-state index in [1.54, 1.807) is 17.5 Å². The molecule has 1 atom stereocenters. The molecule has 1 amide bonds. The topological polar surface area (TPSA) is 59.2 Å². The van der Waals surface area contributed by atoms with Crippen LogP contribution in [0.15, 0.2) is 11.6 Å². The van der Waals surface area contributed by atoms with E-state index in [1.165, 1.54) is 0 Å². The van der Waals surface area contributed by atoms with Gasteiger partial charge in [0.15, 0.2) is 0 Å². The van der Waals surface area contributed by atoms with Crippen LogP contribution in [0.4, 0.5) is 0 Å². The van der Waals surface area contributed by atoms with Gasteiger partial charge >= 0.3 is 0 Å². The molecule has 102 valence electrons. The zero-order chi connectivity index (χ0) is 13.6. The maximum Gasteiger partial charge on any atom is 0.242 e. The van der Waals surface area contributed by atoms with Gasteiger partial charge in [-0.1, -0.05) is 13.3 Å². The van der Waals surface area contributed by atoms with Crippen molar-refractivity contribution in [1.82, 2.24) is 9.88 Å². The maximum absolute atomic E-state index is 12.3. The summed E-state index contributed by atoms with van der Waals surface area (Å²) in [7, 11) is 0. The Labute approximate surface area is 113 Å². The third-order valence-electron chi connectivity index (χ3n) is 3.01. The van der Waals surface area contributed by atoms with Crippen LogP contribution in [0.3, 0.4) is 0 Å². The lowest BCUT2D eigenvalue weighted by Crippen LogP contribution is -2.53. The number of amides is 1. The monoisotopic (exact) mass is 269 g/mol. The molecular weight excluding hydrogens is 246 g/mol. The molecule has 0 aliphatic heterocycles. The summed E-state index contributed by atoms with van der Waals surface area (Å²) in [6.45, 7) is 7.25. The molecule has 1 aromatic heterocycles. The summed E-state index contributed by atoms with van der Waals surface area (Å²) in [4.78, 5) is 18.4. The fourth-order valence-electron chi connectivity index (χ4n) is 2.00. The van der Waals surface area contributed by atoms with Crippen molar-refractivity contribution in [3.8, 4) is 0 Å². The second kappa shape index (κ2) is 6.85. The van der Waals surface area contributed by atoms with Crippen molar-refractivity contribution in [1.29, 1.82) is 0 Å². The lowest BCUT2D eigenvalue weighted by molar-refractivity contribution is -0.136. The summed E-state index contributed by atoms with van der Waals surface area (Å²) in [5.74, 6) is 0.0448. The lowest BCUT2D eigenvalue weighted by Gasteiger charge is -2.30. The molecule has 1 rings (SSSR count). The summed E-state index contributed by atoms with van der Waals surface area (Å²) in [6, 6.07) is 0. The van der Waals surface area contributed by atoms with Crippen LogP contribution in [0.1, 0.15) is 38.6 Å². The number of nitrogens with two attached hydrogens (primary N) is 1. The molecule has 1 heterocycles. The molecular formula is C13H23N3OS. The van der Waals surface area contributed by atoms with E-state index in [-0.39, 0.29) is 5.91 Å². The van der Waals surface area contributed by atoms with Gasteiger partial charge in [-0.3, -0.25) is 4.79 Å². The van der Waals surface area contributed by atoms with E-state index in [0.717, 1.165) is 24.3 Å². The molecule has 0 radical (unpaired) electrons. The number of rotatable bonds is 7.